The molecule has 0 aliphatic carbocycles. The van der Waals surface area contributed by atoms with Crippen molar-refractivity contribution >= 4 is 29.3 Å². The van der Waals surface area contributed by atoms with E-state index in [2.05, 4.69) is 5.32 Å². The predicted octanol–water partition coefficient (Wildman–Crippen LogP) is 3.83. The van der Waals surface area contributed by atoms with Crippen LogP contribution in [0.5, 0.6) is 5.75 Å². The van der Waals surface area contributed by atoms with Gasteiger partial charge in [-0.1, -0.05) is 6.07 Å². The minimum absolute atomic E-state index is 0.291. The number of rotatable bonds is 6. The number of methoxy groups -OCH3 is 1. The predicted molar refractivity (Wildman–Crippen MR) is 99.6 cm³/mol. The number of carbonyl (C=O) groups excluding carboxylic acids is 2. The molecule has 0 saturated heterocycles. The lowest BCUT2D eigenvalue weighted by atomic mass is 10.1. The summed E-state index contributed by atoms with van der Waals surface area (Å²) in [6.45, 7) is 3.60. The van der Waals surface area contributed by atoms with Crippen molar-refractivity contribution in [3.05, 3.63) is 53.1 Å². The van der Waals surface area contributed by atoms with Crippen LogP contribution in [0.2, 0.25) is 0 Å². The largest absolute Gasteiger partial charge is 0.496 e. The smallest absolute Gasteiger partial charge is 0.342 e. The van der Waals surface area contributed by atoms with Gasteiger partial charge in [0, 0.05) is 10.6 Å². The summed E-state index contributed by atoms with van der Waals surface area (Å²) in [6.07, 6.45) is 1.93. The third-order valence-electron chi connectivity index (χ3n) is 3.75. The first-order chi connectivity index (χ1) is 11.9. The van der Waals surface area contributed by atoms with Gasteiger partial charge in [-0.05, 0) is 61.6 Å². The highest BCUT2D eigenvalue weighted by atomic mass is 32.2. The average molecular weight is 359 g/mol. The first kappa shape index (κ1) is 18.9. The Bertz CT molecular complexity index is 789. The first-order valence-electron chi connectivity index (χ1n) is 7.71. The SMILES string of the molecule is COc1cc(SC)ccc1C(=O)OCC(=O)Nc1ccc(C)c(C)c1. The first-order valence-corrected chi connectivity index (χ1v) is 8.93. The molecule has 0 aliphatic rings. The molecule has 132 valence electrons. The monoisotopic (exact) mass is 359 g/mol. The molecule has 0 saturated carbocycles. The number of anilines is 1. The molecule has 0 fully saturated rings. The van der Waals surface area contributed by atoms with E-state index >= 15 is 0 Å². The number of aryl methyl sites for hydroxylation is 2. The Kier molecular flexibility index (Phi) is 6.47. The molecule has 0 unspecified atom stereocenters. The number of esters is 1. The Labute approximate surface area is 151 Å². The van der Waals surface area contributed by atoms with Crippen LogP contribution in [0.1, 0.15) is 21.5 Å². The highest BCUT2D eigenvalue weighted by molar-refractivity contribution is 7.98. The highest BCUT2D eigenvalue weighted by Crippen LogP contribution is 2.25. The molecule has 5 nitrogen and oxygen atoms in total. The van der Waals surface area contributed by atoms with Crippen LogP contribution in [0.3, 0.4) is 0 Å². The Balaban J connectivity index is 1.97. The van der Waals surface area contributed by atoms with E-state index in [4.69, 9.17) is 9.47 Å². The van der Waals surface area contributed by atoms with Gasteiger partial charge in [0.15, 0.2) is 6.61 Å². The number of ether oxygens (including phenoxy) is 2. The third-order valence-corrected chi connectivity index (χ3v) is 4.48. The molecule has 0 spiro atoms. The fourth-order valence-corrected chi connectivity index (χ4v) is 2.62. The molecule has 0 aliphatic heterocycles. The van der Waals surface area contributed by atoms with Gasteiger partial charge in [0.05, 0.1) is 7.11 Å². The lowest BCUT2D eigenvalue weighted by Gasteiger charge is -2.11. The van der Waals surface area contributed by atoms with Crippen LogP contribution in [-0.4, -0.2) is 31.8 Å². The van der Waals surface area contributed by atoms with Crippen LogP contribution < -0.4 is 10.1 Å². The van der Waals surface area contributed by atoms with Crippen LogP contribution in [-0.2, 0) is 9.53 Å². The standard InChI is InChI=1S/C19H21NO4S/c1-12-5-6-14(9-13(12)2)20-18(21)11-24-19(22)16-8-7-15(25-4)10-17(16)23-3/h5-10H,11H2,1-4H3,(H,20,21). The normalized spacial score (nSPS) is 10.2. The quantitative estimate of drug-likeness (QED) is 0.627. The van der Waals surface area contributed by atoms with Gasteiger partial charge in [-0.15, -0.1) is 11.8 Å². The van der Waals surface area contributed by atoms with E-state index in [0.29, 0.717) is 17.0 Å². The summed E-state index contributed by atoms with van der Waals surface area (Å²) in [6, 6.07) is 10.8. The minimum Gasteiger partial charge on any atom is -0.496 e. The molecule has 0 heterocycles. The topological polar surface area (TPSA) is 64.6 Å². The van der Waals surface area contributed by atoms with Crippen molar-refractivity contribution in [2.24, 2.45) is 0 Å². The summed E-state index contributed by atoms with van der Waals surface area (Å²) in [5, 5.41) is 2.71. The van der Waals surface area contributed by atoms with E-state index in [0.717, 1.165) is 16.0 Å². The zero-order valence-electron chi connectivity index (χ0n) is 14.7. The Morgan fingerprint density at radius 3 is 2.48 bits per heavy atom. The van der Waals surface area contributed by atoms with Crippen LogP contribution in [0.25, 0.3) is 0 Å². The van der Waals surface area contributed by atoms with Crippen LogP contribution in [0, 0.1) is 13.8 Å². The summed E-state index contributed by atoms with van der Waals surface area (Å²) >= 11 is 1.54. The number of nitrogens with one attached hydrogen (secondary N) is 1. The number of carbonyl (C=O) groups is 2. The zero-order chi connectivity index (χ0) is 18.4. The summed E-state index contributed by atoms with van der Waals surface area (Å²) < 4.78 is 10.3. The molecule has 2 rings (SSSR count). The van der Waals surface area contributed by atoms with E-state index in [1.165, 1.54) is 7.11 Å². The van der Waals surface area contributed by atoms with Crippen molar-refractivity contribution in [1.29, 1.82) is 0 Å². The fraction of sp³-hybridized carbons (Fsp3) is 0.263. The molecule has 6 heteroatoms. The molecule has 1 N–H and O–H groups in total. The molecular weight excluding hydrogens is 338 g/mol. The van der Waals surface area contributed by atoms with Crippen molar-refractivity contribution in [3.63, 3.8) is 0 Å². The van der Waals surface area contributed by atoms with Gasteiger partial charge < -0.3 is 14.8 Å². The van der Waals surface area contributed by atoms with Gasteiger partial charge >= 0.3 is 5.97 Å². The molecule has 2 aromatic carbocycles. The van der Waals surface area contributed by atoms with Gasteiger partial charge in [0.25, 0.3) is 5.91 Å². The molecule has 25 heavy (non-hydrogen) atoms. The highest BCUT2D eigenvalue weighted by Gasteiger charge is 2.16. The number of thioether (sulfide) groups is 1. The van der Waals surface area contributed by atoms with Crippen molar-refractivity contribution < 1.29 is 19.1 Å². The number of amides is 1. The summed E-state index contributed by atoms with van der Waals surface area (Å²) in [4.78, 5) is 25.1. The third kappa shape index (κ3) is 5.00. The maximum atomic E-state index is 12.2. The molecule has 0 bridgehead atoms. The minimum atomic E-state index is -0.597. The molecule has 1 amide bonds. The molecular formula is C19H21NO4S. The fourth-order valence-electron chi connectivity index (χ4n) is 2.19. The van der Waals surface area contributed by atoms with E-state index in [1.807, 2.05) is 38.3 Å². The van der Waals surface area contributed by atoms with Crippen molar-refractivity contribution in [1.82, 2.24) is 0 Å². The van der Waals surface area contributed by atoms with Crippen molar-refractivity contribution in [3.8, 4) is 5.75 Å². The maximum Gasteiger partial charge on any atom is 0.342 e. The van der Waals surface area contributed by atoms with Gasteiger partial charge in [0.2, 0.25) is 0 Å². The molecule has 0 aromatic heterocycles. The molecule has 0 radical (unpaired) electrons. The maximum absolute atomic E-state index is 12.2. The van der Waals surface area contributed by atoms with Crippen LogP contribution >= 0.6 is 11.8 Å². The average Bonchev–Trinajstić information content (AvgIpc) is 2.62. The summed E-state index contributed by atoms with van der Waals surface area (Å²) in [7, 11) is 1.49. The van der Waals surface area contributed by atoms with E-state index < -0.39 is 11.9 Å². The lowest BCUT2D eigenvalue weighted by Crippen LogP contribution is -2.21. The number of benzene rings is 2. The Morgan fingerprint density at radius 1 is 1.08 bits per heavy atom. The Morgan fingerprint density at radius 2 is 1.84 bits per heavy atom. The number of hydrogen-bond acceptors (Lipinski definition) is 5. The number of hydrogen-bond donors (Lipinski definition) is 1. The second-order valence-corrected chi connectivity index (χ2v) is 6.37. The van der Waals surface area contributed by atoms with E-state index in [-0.39, 0.29) is 6.61 Å². The summed E-state index contributed by atoms with van der Waals surface area (Å²) in [5.74, 6) is -0.567. The second-order valence-electron chi connectivity index (χ2n) is 5.49. The van der Waals surface area contributed by atoms with Crippen LogP contribution in [0.4, 0.5) is 5.69 Å². The van der Waals surface area contributed by atoms with Gasteiger partial charge in [-0.3, -0.25) is 4.79 Å². The zero-order valence-corrected chi connectivity index (χ0v) is 15.5. The van der Waals surface area contributed by atoms with E-state index in [1.54, 1.807) is 30.0 Å². The van der Waals surface area contributed by atoms with Gasteiger partial charge in [-0.2, -0.15) is 0 Å². The molecule has 0 atom stereocenters. The summed E-state index contributed by atoms with van der Waals surface area (Å²) in [5.41, 5.74) is 3.18. The van der Waals surface area contributed by atoms with Crippen molar-refractivity contribution in [2.75, 3.05) is 25.3 Å². The van der Waals surface area contributed by atoms with Gasteiger partial charge in [-0.25, -0.2) is 4.79 Å². The van der Waals surface area contributed by atoms with E-state index in [9.17, 15) is 9.59 Å². The second kappa shape index (κ2) is 8.58. The molecule has 2 aromatic rings. The van der Waals surface area contributed by atoms with Crippen molar-refractivity contribution in [2.45, 2.75) is 18.7 Å². The van der Waals surface area contributed by atoms with Crippen LogP contribution in [0.15, 0.2) is 41.3 Å². The Hall–Kier alpha value is -2.47. The van der Waals surface area contributed by atoms with Gasteiger partial charge in [0.1, 0.15) is 11.3 Å². The lowest BCUT2D eigenvalue weighted by molar-refractivity contribution is -0.119.